The monoisotopic (exact) mass is 452 g/mol. The van der Waals surface area contributed by atoms with Crippen LogP contribution >= 0.6 is 0 Å². The summed E-state index contributed by atoms with van der Waals surface area (Å²) in [6.45, 7) is 8.00. The van der Waals surface area contributed by atoms with Crippen molar-refractivity contribution in [2.24, 2.45) is 0 Å². The number of imide groups is 1. The highest BCUT2D eigenvalue weighted by Crippen LogP contribution is 2.32. The van der Waals surface area contributed by atoms with E-state index in [1.165, 1.54) is 24.0 Å². The van der Waals surface area contributed by atoms with Crippen molar-refractivity contribution in [1.82, 2.24) is 4.90 Å². The van der Waals surface area contributed by atoms with Gasteiger partial charge in [-0.3, -0.25) is 14.4 Å². The quantitative estimate of drug-likeness (QED) is 0.555. The molecule has 0 bridgehead atoms. The summed E-state index contributed by atoms with van der Waals surface area (Å²) < 4.78 is 10.6. The second-order valence-corrected chi connectivity index (χ2v) is 8.57. The predicted molar refractivity (Wildman–Crippen MR) is 127 cm³/mol. The van der Waals surface area contributed by atoms with Gasteiger partial charge in [0.15, 0.2) is 11.5 Å². The molecule has 33 heavy (non-hydrogen) atoms. The van der Waals surface area contributed by atoms with Gasteiger partial charge < -0.3 is 14.4 Å². The summed E-state index contributed by atoms with van der Waals surface area (Å²) in [7, 11) is 3.02. The first kappa shape index (κ1) is 24.3. The van der Waals surface area contributed by atoms with Crippen LogP contribution in [0.15, 0.2) is 42.5 Å². The van der Waals surface area contributed by atoms with Crippen molar-refractivity contribution in [3.8, 4) is 11.5 Å². The van der Waals surface area contributed by atoms with Gasteiger partial charge in [0, 0.05) is 11.6 Å². The molecule has 3 rings (SSSR count). The summed E-state index contributed by atoms with van der Waals surface area (Å²) >= 11 is 0. The molecule has 0 aromatic heterocycles. The summed E-state index contributed by atoms with van der Waals surface area (Å²) in [6, 6.07) is 11.2. The Hall–Kier alpha value is -3.35. The smallest absolute Gasteiger partial charge is 0.257 e. The minimum absolute atomic E-state index is 0.0475. The van der Waals surface area contributed by atoms with E-state index in [4.69, 9.17) is 9.47 Å². The molecule has 0 saturated carbocycles. The Morgan fingerprint density at radius 2 is 1.67 bits per heavy atom. The van der Waals surface area contributed by atoms with E-state index in [9.17, 15) is 14.4 Å². The van der Waals surface area contributed by atoms with E-state index in [0.717, 1.165) is 5.56 Å². The van der Waals surface area contributed by atoms with Crippen molar-refractivity contribution >= 4 is 23.4 Å². The van der Waals surface area contributed by atoms with Gasteiger partial charge >= 0.3 is 0 Å². The lowest BCUT2D eigenvalue weighted by atomic mass is 10.0. The van der Waals surface area contributed by atoms with Crippen LogP contribution in [0.2, 0.25) is 0 Å². The first-order chi connectivity index (χ1) is 15.7. The summed E-state index contributed by atoms with van der Waals surface area (Å²) in [4.78, 5) is 42.6. The molecule has 2 atom stereocenters. The first-order valence-corrected chi connectivity index (χ1v) is 11.2. The molecule has 176 valence electrons. The number of carbonyl (C=O) groups is 3. The largest absolute Gasteiger partial charge is 0.493 e. The molecule has 0 spiro atoms. The maximum Gasteiger partial charge on any atom is 0.257 e. The van der Waals surface area contributed by atoms with E-state index in [1.54, 1.807) is 30.3 Å². The third kappa shape index (κ3) is 4.72. The number of benzene rings is 2. The van der Waals surface area contributed by atoms with Crippen molar-refractivity contribution in [2.45, 2.75) is 58.5 Å². The maximum atomic E-state index is 13.6. The van der Waals surface area contributed by atoms with Crippen molar-refractivity contribution in [3.05, 3.63) is 53.6 Å². The summed E-state index contributed by atoms with van der Waals surface area (Å²) in [5.41, 5.74) is 2.02. The van der Waals surface area contributed by atoms with Crippen molar-refractivity contribution in [3.63, 3.8) is 0 Å². The van der Waals surface area contributed by atoms with Crippen molar-refractivity contribution < 1.29 is 23.9 Å². The number of nitrogens with zero attached hydrogens (tertiary/aromatic N) is 2. The molecule has 2 aromatic carbocycles. The van der Waals surface area contributed by atoms with Crippen LogP contribution < -0.4 is 14.4 Å². The molecule has 0 aliphatic carbocycles. The molecule has 1 aliphatic rings. The Labute approximate surface area is 195 Å². The minimum atomic E-state index is -0.863. The fourth-order valence-electron chi connectivity index (χ4n) is 4.08. The van der Waals surface area contributed by atoms with Crippen LogP contribution in [0.3, 0.4) is 0 Å². The first-order valence-electron chi connectivity index (χ1n) is 11.2. The Morgan fingerprint density at radius 3 is 2.21 bits per heavy atom. The average Bonchev–Trinajstić information content (AvgIpc) is 3.11. The molecule has 2 aromatic rings. The van der Waals surface area contributed by atoms with E-state index < -0.39 is 6.04 Å². The van der Waals surface area contributed by atoms with Crippen molar-refractivity contribution in [2.75, 3.05) is 19.1 Å². The molecule has 1 fully saturated rings. The van der Waals surface area contributed by atoms with Gasteiger partial charge in [0.05, 0.1) is 26.3 Å². The van der Waals surface area contributed by atoms with E-state index >= 15 is 0 Å². The number of hydrogen-bond donors (Lipinski definition) is 0. The van der Waals surface area contributed by atoms with E-state index in [0.29, 0.717) is 35.1 Å². The highest BCUT2D eigenvalue weighted by Gasteiger charge is 2.45. The van der Waals surface area contributed by atoms with Gasteiger partial charge in [-0.1, -0.05) is 32.9 Å². The number of amides is 3. The summed E-state index contributed by atoms with van der Waals surface area (Å²) in [6.07, 6.45) is 0.591. The highest BCUT2D eigenvalue weighted by molar-refractivity contribution is 6.23. The second kappa shape index (κ2) is 10.1. The zero-order valence-electron chi connectivity index (χ0n) is 20.1. The Kier molecular flexibility index (Phi) is 7.41. The van der Waals surface area contributed by atoms with Crippen LogP contribution in [-0.2, 0) is 9.59 Å². The number of ether oxygens (including phenoxy) is 2. The predicted octanol–water partition coefficient (Wildman–Crippen LogP) is 4.40. The van der Waals surface area contributed by atoms with Gasteiger partial charge in [-0.15, -0.1) is 0 Å². The number of carbonyl (C=O) groups excluding carboxylic acids is 3. The van der Waals surface area contributed by atoms with E-state index in [1.807, 2.05) is 26.0 Å². The van der Waals surface area contributed by atoms with E-state index in [-0.39, 0.29) is 30.2 Å². The molecular weight excluding hydrogens is 420 g/mol. The van der Waals surface area contributed by atoms with Crippen LogP contribution in [0.25, 0.3) is 0 Å². The molecular formula is C26H32N2O5. The fraction of sp³-hybridized carbons (Fsp3) is 0.423. The molecule has 0 N–H and O–H groups in total. The minimum Gasteiger partial charge on any atom is -0.493 e. The third-order valence-electron chi connectivity index (χ3n) is 6.21. The van der Waals surface area contributed by atoms with Crippen LogP contribution in [0.5, 0.6) is 11.5 Å². The number of hydrogen-bond acceptors (Lipinski definition) is 5. The van der Waals surface area contributed by atoms with Gasteiger partial charge in [0.25, 0.3) is 11.8 Å². The van der Waals surface area contributed by atoms with Gasteiger partial charge in [-0.05, 0) is 55.2 Å². The SMILES string of the molecule is CCC(C)N(C(=O)c1ccc(OC)c(OC)c1)C1CC(=O)N(c2ccc(C(C)C)cc2)C1=O. The standard InChI is InChI=1S/C26H32N2O5/c1-7-17(4)27(25(30)19-10-13-22(32-5)23(14-19)33-6)21-15-24(29)28(26(21)31)20-11-8-18(9-12-20)16(2)3/h8-14,16-17,21H,7,15H2,1-6H3. The fourth-order valence-corrected chi connectivity index (χ4v) is 4.08. The van der Waals surface area contributed by atoms with Crippen LogP contribution in [-0.4, -0.2) is 48.9 Å². The summed E-state index contributed by atoms with van der Waals surface area (Å²) in [5.74, 6) is 0.257. The normalized spacial score (nSPS) is 16.8. The lowest BCUT2D eigenvalue weighted by Crippen LogP contribution is -2.49. The molecule has 1 saturated heterocycles. The average molecular weight is 453 g/mol. The molecule has 7 nitrogen and oxygen atoms in total. The third-order valence-corrected chi connectivity index (χ3v) is 6.21. The zero-order valence-corrected chi connectivity index (χ0v) is 20.1. The zero-order chi connectivity index (χ0) is 24.3. The molecule has 2 unspecified atom stereocenters. The molecule has 1 heterocycles. The maximum absolute atomic E-state index is 13.6. The Balaban J connectivity index is 1.94. The number of methoxy groups -OCH3 is 2. The molecule has 7 heteroatoms. The van der Waals surface area contributed by atoms with E-state index in [2.05, 4.69) is 13.8 Å². The van der Waals surface area contributed by atoms with Gasteiger partial charge in [0.2, 0.25) is 5.91 Å². The highest BCUT2D eigenvalue weighted by atomic mass is 16.5. The van der Waals surface area contributed by atoms with Gasteiger partial charge in [-0.25, -0.2) is 4.90 Å². The molecule has 0 radical (unpaired) electrons. The summed E-state index contributed by atoms with van der Waals surface area (Å²) in [5, 5.41) is 0. The Bertz CT molecular complexity index is 1030. The Morgan fingerprint density at radius 1 is 1.03 bits per heavy atom. The number of rotatable bonds is 8. The topological polar surface area (TPSA) is 76.2 Å². The van der Waals surface area contributed by atoms with Crippen LogP contribution in [0.1, 0.15) is 62.4 Å². The number of anilines is 1. The van der Waals surface area contributed by atoms with Gasteiger partial charge in [-0.2, -0.15) is 0 Å². The molecule has 3 amide bonds. The van der Waals surface area contributed by atoms with Crippen LogP contribution in [0, 0.1) is 0 Å². The lowest BCUT2D eigenvalue weighted by Gasteiger charge is -2.33. The molecule has 1 aliphatic heterocycles. The van der Waals surface area contributed by atoms with Crippen molar-refractivity contribution in [1.29, 1.82) is 0 Å². The second-order valence-electron chi connectivity index (χ2n) is 8.57. The van der Waals surface area contributed by atoms with Crippen LogP contribution in [0.4, 0.5) is 5.69 Å². The lowest BCUT2D eigenvalue weighted by molar-refractivity contribution is -0.122. The van der Waals surface area contributed by atoms with Gasteiger partial charge in [0.1, 0.15) is 6.04 Å².